The molecule has 14 heavy (non-hydrogen) atoms. The van der Waals surface area contributed by atoms with Crippen molar-refractivity contribution in [2.24, 2.45) is 5.92 Å². The first-order valence-corrected chi connectivity index (χ1v) is 5.71. The highest BCUT2D eigenvalue weighted by atomic mass is 16.5. The highest BCUT2D eigenvalue weighted by Gasteiger charge is 2.18. The molecule has 0 rings (SSSR count). The van der Waals surface area contributed by atoms with E-state index in [4.69, 9.17) is 4.74 Å². The Morgan fingerprint density at radius 3 is 2.21 bits per heavy atom. The third-order valence-electron chi connectivity index (χ3n) is 2.53. The molecule has 0 aliphatic carbocycles. The maximum absolute atomic E-state index is 11.7. The third-order valence-corrected chi connectivity index (χ3v) is 2.53. The van der Waals surface area contributed by atoms with Crippen LogP contribution in [-0.2, 0) is 9.53 Å². The fraction of sp³-hybridized carbons (Fsp3) is 0.917. The molecular formula is C12H24O2. The van der Waals surface area contributed by atoms with Crippen LogP contribution in [0.15, 0.2) is 0 Å². The van der Waals surface area contributed by atoms with Crippen LogP contribution in [0.5, 0.6) is 0 Å². The summed E-state index contributed by atoms with van der Waals surface area (Å²) in [6, 6.07) is 0. The fourth-order valence-corrected chi connectivity index (χ4v) is 1.74. The smallest absolute Gasteiger partial charge is 0.161 e. The minimum atomic E-state index is -0.167. The lowest BCUT2D eigenvalue weighted by Gasteiger charge is -2.15. The molecule has 0 aliphatic heterocycles. The molecule has 0 aromatic rings. The van der Waals surface area contributed by atoms with E-state index >= 15 is 0 Å². The van der Waals surface area contributed by atoms with Crippen LogP contribution < -0.4 is 0 Å². The molecule has 0 spiro atoms. The zero-order valence-electron chi connectivity index (χ0n) is 10.0. The van der Waals surface area contributed by atoms with Crippen molar-refractivity contribution in [1.29, 1.82) is 0 Å². The summed E-state index contributed by atoms with van der Waals surface area (Å²) in [6.45, 7) is 6.37. The van der Waals surface area contributed by atoms with Crippen LogP contribution in [0.1, 0.15) is 52.9 Å². The van der Waals surface area contributed by atoms with Gasteiger partial charge in [0.25, 0.3) is 0 Å². The molecule has 84 valence electrons. The summed E-state index contributed by atoms with van der Waals surface area (Å²) >= 11 is 0. The average Bonchev–Trinajstić information content (AvgIpc) is 2.14. The Hall–Kier alpha value is -0.370. The molecule has 0 saturated carbocycles. The number of hydrogen-bond donors (Lipinski definition) is 0. The van der Waals surface area contributed by atoms with E-state index in [1.54, 1.807) is 7.11 Å². The normalized spacial score (nSPS) is 15.1. The molecule has 2 unspecified atom stereocenters. The van der Waals surface area contributed by atoms with Crippen molar-refractivity contribution in [1.82, 2.24) is 0 Å². The Labute approximate surface area is 88.0 Å². The molecule has 0 aromatic heterocycles. The second kappa shape index (κ2) is 7.98. The van der Waals surface area contributed by atoms with E-state index in [1.165, 1.54) is 0 Å². The summed E-state index contributed by atoms with van der Waals surface area (Å²) in [4.78, 5) is 11.7. The van der Waals surface area contributed by atoms with Crippen LogP contribution >= 0.6 is 0 Å². The molecule has 0 aliphatic rings. The molecule has 2 nitrogen and oxygen atoms in total. The Morgan fingerprint density at radius 2 is 1.79 bits per heavy atom. The molecule has 0 amide bonds. The first-order valence-electron chi connectivity index (χ1n) is 5.71. The van der Waals surface area contributed by atoms with Crippen molar-refractivity contribution < 1.29 is 9.53 Å². The van der Waals surface area contributed by atoms with E-state index in [2.05, 4.69) is 20.8 Å². The van der Waals surface area contributed by atoms with Crippen molar-refractivity contribution in [2.45, 2.75) is 59.0 Å². The molecule has 2 heteroatoms. The maximum Gasteiger partial charge on any atom is 0.161 e. The lowest BCUT2D eigenvalue weighted by molar-refractivity contribution is -0.130. The van der Waals surface area contributed by atoms with Gasteiger partial charge >= 0.3 is 0 Å². The number of Topliss-reactive ketones (excluding diaryl/α,β-unsaturated/α-hetero) is 1. The SMILES string of the molecule is CCCC(C)CC(=O)C(CCC)OC. The molecule has 0 radical (unpaired) electrons. The van der Waals surface area contributed by atoms with Crippen molar-refractivity contribution >= 4 is 5.78 Å². The number of rotatable bonds is 8. The van der Waals surface area contributed by atoms with Gasteiger partial charge in [-0.25, -0.2) is 0 Å². The van der Waals surface area contributed by atoms with Crippen molar-refractivity contribution in [2.75, 3.05) is 7.11 Å². The van der Waals surface area contributed by atoms with Crippen LogP contribution in [0, 0.1) is 5.92 Å². The maximum atomic E-state index is 11.7. The van der Waals surface area contributed by atoms with E-state index < -0.39 is 0 Å². The first-order chi connectivity index (χ1) is 6.65. The second-order valence-electron chi connectivity index (χ2n) is 4.08. The van der Waals surface area contributed by atoms with E-state index in [9.17, 15) is 4.79 Å². The van der Waals surface area contributed by atoms with Gasteiger partial charge in [-0.15, -0.1) is 0 Å². The summed E-state index contributed by atoms with van der Waals surface area (Å²) in [5.41, 5.74) is 0. The second-order valence-corrected chi connectivity index (χ2v) is 4.08. The minimum Gasteiger partial charge on any atom is -0.374 e. The molecule has 0 bridgehead atoms. The van der Waals surface area contributed by atoms with Gasteiger partial charge in [-0.2, -0.15) is 0 Å². The molecule has 2 atom stereocenters. The predicted octanol–water partition coefficient (Wildman–Crippen LogP) is 3.20. The van der Waals surface area contributed by atoms with Gasteiger partial charge in [-0.1, -0.05) is 40.0 Å². The fourth-order valence-electron chi connectivity index (χ4n) is 1.74. The largest absolute Gasteiger partial charge is 0.374 e. The van der Waals surface area contributed by atoms with E-state index in [0.29, 0.717) is 12.3 Å². The van der Waals surface area contributed by atoms with Gasteiger partial charge < -0.3 is 4.74 Å². The van der Waals surface area contributed by atoms with Gasteiger partial charge in [0.2, 0.25) is 0 Å². The molecular weight excluding hydrogens is 176 g/mol. The quantitative estimate of drug-likeness (QED) is 0.601. The van der Waals surface area contributed by atoms with E-state index in [1.807, 2.05) is 0 Å². The summed E-state index contributed by atoms with van der Waals surface area (Å²) in [7, 11) is 1.63. The molecule has 0 saturated heterocycles. The topological polar surface area (TPSA) is 26.3 Å². The van der Waals surface area contributed by atoms with Gasteiger partial charge in [0.1, 0.15) is 6.10 Å². The number of carbonyl (C=O) groups excluding carboxylic acids is 1. The minimum absolute atomic E-state index is 0.167. The van der Waals surface area contributed by atoms with Crippen LogP contribution in [0.2, 0.25) is 0 Å². The Kier molecular flexibility index (Phi) is 7.77. The zero-order chi connectivity index (χ0) is 11.0. The van der Waals surface area contributed by atoms with Gasteiger partial charge in [-0.3, -0.25) is 4.79 Å². The molecule has 0 fully saturated rings. The lowest BCUT2D eigenvalue weighted by Crippen LogP contribution is -2.24. The third kappa shape index (κ3) is 5.38. The standard InChI is InChI=1S/C12H24O2/c1-5-7-10(3)9-11(13)12(14-4)8-6-2/h10,12H,5-9H2,1-4H3. The lowest BCUT2D eigenvalue weighted by atomic mass is 9.96. The van der Waals surface area contributed by atoms with Gasteiger partial charge in [0.15, 0.2) is 5.78 Å². The monoisotopic (exact) mass is 200 g/mol. The van der Waals surface area contributed by atoms with Crippen molar-refractivity contribution in [3.8, 4) is 0 Å². The molecule has 0 N–H and O–H groups in total. The Morgan fingerprint density at radius 1 is 1.21 bits per heavy atom. The number of carbonyl (C=O) groups is 1. The van der Waals surface area contributed by atoms with Gasteiger partial charge in [0, 0.05) is 13.5 Å². The predicted molar refractivity (Wildman–Crippen MR) is 59.4 cm³/mol. The number of ether oxygens (including phenoxy) is 1. The number of methoxy groups -OCH3 is 1. The first kappa shape index (κ1) is 13.6. The summed E-state index contributed by atoms with van der Waals surface area (Å²) in [5.74, 6) is 0.775. The van der Waals surface area contributed by atoms with Crippen LogP contribution in [0.4, 0.5) is 0 Å². The Balaban J connectivity index is 3.90. The van der Waals surface area contributed by atoms with E-state index in [-0.39, 0.29) is 11.9 Å². The molecule has 0 aromatic carbocycles. The van der Waals surface area contributed by atoms with Crippen LogP contribution in [-0.4, -0.2) is 19.0 Å². The van der Waals surface area contributed by atoms with Crippen LogP contribution in [0.3, 0.4) is 0 Å². The summed E-state index contributed by atoms with van der Waals surface area (Å²) in [6.07, 6.45) is 4.65. The zero-order valence-corrected chi connectivity index (χ0v) is 10.0. The number of hydrogen-bond acceptors (Lipinski definition) is 2. The van der Waals surface area contributed by atoms with E-state index in [0.717, 1.165) is 25.7 Å². The summed E-state index contributed by atoms with van der Waals surface area (Å²) in [5, 5.41) is 0. The van der Waals surface area contributed by atoms with Crippen molar-refractivity contribution in [3.63, 3.8) is 0 Å². The van der Waals surface area contributed by atoms with Gasteiger partial charge in [0.05, 0.1) is 0 Å². The van der Waals surface area contributed by atoms with Gasteiger partial charge in [-0.05, 0) is 12.3 Å². The summed E-state index contributed by atoms with van der Waals surface area (Å²) < 4.78 is 5.18. The highest BCUT2D eigenvalue weighted by Crippen LogP contribution is 2.14. The Bertz CT molecular complexity index is 154. The average molecular weight is 200 g/mol. The number of ketones is 1. The molecule has 0 heterocycles. The van der Waals surface area contributed by atoms with Crippen LogP contribution in [0.25, 0.3) is 0 Å². The van der Waals surface area contributed by atoms with Crippen molar-refractivity contribution in [3.05, 3.63) is 0 Å². The highest BCUT2D eigenvalue weighted by molar-refractivity contribution is 5.83.